The molecule has 0 saturated carbocycles. The quantitative estimate of drug-likeness (QED) is 0.324. The molecule has 13 heteroatoms. The third-order valence-electron chi connectivity index (χ3n) is 8.15. The summed E-state index contributed by atoms with van der Waals surface area (Å²) in [7, 11) is 0. The van der Waals surface area contributed by atoms with Crippen LogP contribution in [-0.2, 0) is 19.9 Å². The predicted octanol–water partition coefficient (Wildman–Crippen LogP) is 2.67. The topological polar surface area (TPSA) is 158 Å². The number of carbonyl (C=O) groups excluding carboxylic acids is 5. The molecule has 6 rings (SSSR count). The monoisotopic (exact) mass is 623 g/mol. The first kappa shape index (κ1) is 29.6. The fourth-order valence-electron chi connectivity index (χ4n) is 5.39. The highest BCUT2D eigenvalue weighted by Gasteiger charge is 2.45. The Hall–Kier alpha value is -5.46. The number of nitrogens with zero attached hydrogens (tertiary/aromatic N) is 5. The van der Waals surface area contributed by atoms with Gasteiger partial charge in [-0.3, -0.25) is 38.9 Å². The summed E-state index contributed by atoms with van der Waals surface area (Å²) < 4.78 is 1.53. The highest BCUT2D eigenvalue weighted by atomic mass is 35.5. The molecule has 45 heavy (non-hydrogen) atoms. The van der Waals surface area contributed by atoms with Gasteiger partial charge in [0.2, 0.25) is 11.8 Å². The number of aromatic nitrogens is 2. The van der Waals surface area contributed by atoms with E-state index in [4.69, 9.17) is 11.6 Å². The number of piperidine rings is 1. The molecule has 0 aliphatic carbocycles. The second kappa shape index (κ2) is 11.2. The first-order valence-corrected chi connectivity index (χ1v) is 14.5. The van der Waals surface area contributed by atoms with Crippen LogP contribution in [0.3, 0.4) is 0 Å². The van der Waals surface area contributed by atoms with Gasteiger partial charge in [0, 0.05) is 37.1 Å². The van der Waals surface area contributed by atoms with E-state index in [2.05, 4.69) is 27.6 Å². The zero-order valence-electron chi connectivity index (χ0n) is 24.3. The van der Waals surface area contributed by atoms with Crippen molar-refractivity contribution in [1.29, 1.82) is 5.26 Å². The number of hydrogen-bond donors (Lipinski definition) is 2. The Kier molecular flexibility index (Phi) is 7.39. The second-order valence-electron chi connectivity index (χ2n) is 11.5. The molecule has 1 aromatic heterocycles. The van der Waals surface area contributed by atoms with Crippen LogP contribution in [0, 0.1) is 29.1 Å². The maximum absolute atomic E-state index is 13.1. The highest BCUT2D eigenvalue weighted by Crippen LogP contribution is 2.33. The van der Waals surface area contributed by atoms with Gasteiger partial charge in [-0.05, 0) is 56.7 Å². The van der Waals surface area contributed by atoms with Crippen molar-refractivity contribution < 1.29 is 24.0 Å². The average molecular weight is 624 g/mol. The summed E-state index contributed by atoms with van der Waals surface area (Å²) >= 11 is 5.99. The van der Waals surface area contributed by atoms with E-state index < -0.39 is 35.2 Å². The van der Waals surface area contributed by atoms with E-state index in [9.17, 15) is 29.2 Å². The van der Waals surface area contributed by atoms with Crippen LogP contribution in [0.15, 0.2) is 48.8 Å². The van der Waals surface area contributed by atoms with Gasteiger partial charge in [0.25, 0.3) is 17.7 Å². The molecule has 2 N–H and O–H groups in total. The lowest BCUT2D eigenvalue weighted by molar-refractivity contribution is -0.136. The molecule has 0 spiro atoms. The number of amides is 5. The molecule has 4 heterocycles. The van der Waals surface area contributed by atoms with Gasteiger partial charge in [-0.25, -0.2) is 0 Å². The molecule has 1 unspecified atom stereocenters. The Morgan fingerprint density at radius 3 is 2.58 bits per heavy atom. The van der Waals surface area contributed by atoms with E-state index in [-0.39, 0.29) is 41.4 Å². The van der Waals surface area contributed by atoms with Crippen LogP contribution in [0.25, 0.3) is 0 Å². The number of anilines is 2. The van der Waals surface area contributed by atoms with Gasteiger partial charge >= 0.3 is 0 Å². The lowest BCUT2D eigenvalue weighted by Gasteiger charge is -2.38. The van der Waals surface area contributed by atoms with Crippen LogP contribution in [0.1, 0.15) is 58.5 Å². The number of imide groups is 2. The predicted molar refractivity (Wildman–Crippen MR) is 162 cm³/mol. The van der Waals surface area contributed by atoms with Crippen LogP contribution in [0.2, 0.25) is 5.02 Å². The summed E-state index contributed by atoms with van der Waals surface area (Å²) in [6.45, 7) is 4.66. The van der Waals surface area contributed by atoms with Gasteiger partial charge in [0.1, 0.15) is 17.6 Å². The molecule has 2 aromatic carbocycles. The van der Waals surface area contributed by atoms with Crippen LogP contribution in [0.4, 0.5) is 11.4 Å². The van der Waals surface area contributed by atoms with Crippen molar-refractivity contribution in [2.45, 2.75) is 38.3 Å². The maximum Gasteiger partial charge on any atom is 0.262 e. The van der Waals surface area contributed by atoms with Gasteiger partial charge in [-0.15, -0.1) is 0 Å². The molecule has 0 radical (unpaired) electrons. The van der Waals surface area contributed by atoms with Crippen molar-refractivity contribution in [2.75, 3.05) is 23.3 Å². The maximum atomic E-state index is 13.1. The molecule has 3 aromatic rings. The molecule has 2 fully saturated rings. The SMILES string of the molecule is CC(C)(C(=O)Nc1ccc(Cl)c(C#N)c1)n1cc(C#CC2CN(c3ccc4c(c3)C(=O)N(C3CCC(=O)NC3=O)C4=O)C2)cn1. The molecule has 226 valence electrons. The lowest BCUT2D eigenvalue weighted by atomic mass is 9.98. The van der Waals surface area contributed by atoms with Crippen molar-refractivity contribution in [2.24, 2.45) is 5.92 Å². The Morgan fingerprint density at radius 1 is 1.09 bits per heavy atom. The van der Waals surface area contributed by atoms with E-state index in [1.807, 2.05) is 11.0 Å². The number of carbonyl (C=O) groups is 5. The number of rotatable bonds is 5. The van der Waals surface area contributed by atoms with Crippen molar-refractivity contribution in [3.05, 3.63) is 76.1 Å². The van der Waals surface area contributed by atoms with E-state index in [1.165, 1.54) is 10.7 Å². The molecule has 3 aliphatic heterocycles. The number of hydrogen-bond acceptors (Lipinski definition) is 8. The third kappa shape index (κ3) is 5.41. The smallest absolute Gasteiger partial charge is 0.262 e. The van der Waals surface area contributed by atoms with E-state index in [0.29, 0.717) is 29.4 Å². The fraction of sp³-hybridized carbons (Fsp3) is 0.281. The number of nitriles is 1. The molecule has 0 bridgehead atoms. The van der Waals surface area contributed by atoms with Crippen LogP contribution < -0.4 is 15.5 Å². The van der Waals surface area contributed by atoms with Crippen molar-refractivity contribution in [3.63, 3.8) is 0 Å². The minimum absolute atomic E-state index is 0.0504. The molecular formula is C32H26ClN7O5. The van der Waals surface area contributed by atoms with Gasteiger partial charge in [0.05, 0.1) is 39.4 Å². The van der Waals surface area contributed by atoms with Crippen LogP contribution in [0.5, 0.6) is 0 Å². The molecule has 5 amide bonds. The second-order valence-corrected chi connectivity index (χ2v) is 11.9. The molecule has 12 nitrogen and oxygen atoms in total. The number of fused-ring (bicyclic) bond motifs is 1. The zero-order valence-corrected chi connectivity index (χ0v) is 25.0. The summed E-state index contributed by atoms with van der Waals surface area (Å²) in [6, 6.07) is 10.7. The van der Waals surface area contributed by atoms with Crippen molar-refractivity contribution >= 4 is 52.5 Å². The summed E-state index contributed by atoms with van der Waals surface area (Å²) in [6.07, 6.45) is 3.45. The minimum atomic E-state index is -1.06. The van der Waals surface area contributed by atoms with Crippen LogP contribution >= 0.6 is 11.6 Å². The zero-order chi connectivity index (χ0) is 32.0. The number of benzene rings is 2. The third-order valence-corrected chi connectivity index (χ3v) is 8.48. The van der Waals surface area contributed by atoms with Gasteiger partial charge in [-0.2, -0.15) is 10.4 Å². The van der Waals surface area contributed by atoms with Crippen molar-refractivity contribution in [3.8, 4) is 17.9 Å². The number of halogens is 1. The first-order chi connectivity index (χ1) is 21.5. The lowest BCUT2D eigenvalue weighted by Crippen LogP contribution is -2.54. The Bertz CT molecular complexity index is 1910. The van der Waals surface area contributed by atoms with Crippen molar-refractivity contribution in [1.82, 2.24) is 20.0 Å². The average Bonchev–Trinajstić information content (AvgIpc) is 3.56. The molecule has 2 saturated heterocycles. The van der Waals surface area contributed by atoms with E-state index >= 15 is 0 Å². The minimum Gasteiger partial charge on any atom is -0.369 e. The standard InChI is InChI=1S/C32H26ClN7O5/c1-32(2,31(45)36-21-5-8-25(33)20(11-21)13-34)39-17-18(14-35-39)3-4-19-15-38(16-19)22-6-7-23-24(12-22)30(44)40(29(23)43)26-9-10-27(41)37-28(26)42/h5-8,11-12,14,17,19,26H,9-10,15-16H2,1-2H3,(H,36,45)(H,37,41,42). The fourth-order valence-corrected chi connectivity index (χ4v) is 5.55. The van der Waals surface area contributed by atoms with Gasteiger partial charge in [0.15, 0.2) is 0 Å². The Morgan fingerprint density at radius 2 is 1.84 bits per heavy atom. The highest BCUT2D eigenvalue weighted by molar-refractivity contribution is 6.31. The Balaban J connectivity index is 1.07. The van der Waals surface area contributed by atoms with Crippen LogP contribution in [-0.4, -0.2) is 63.3 Å². The van der Waals surface area contributed by atoms with E-state index in [0.717, 1.165) is 10.6 Å². The number of nitrogens with one attached hydrogen (secondary N) is 2. The Labute approximate surface area is 262 Å². The normalized spacial score (nSPS) is 18.0. The summed E-state index contributed by atoms with van der Waals surface area (Å²) in [4.78, 5) is 65.9. The molecule has 3 aliphatic rings. The summed E-state index contributed by atoms with van der Waals surface area (Å²) in [5.74, 6) is 3.91. The molecule has 1 atom stereocenters. The van der Waals surface area contributed by atoms with E-state index in [1.54, 1.807) is 56.6 Å². The molecular weight excluding hydrogens is 598 g/mol. The first-order valence-electron chi connectivity index (χ1n) is 14.1. The largest absolute Gasteiger partial charge is 0.369 e. The van der Waals surface area contributed by atoms with Gasteiger partial charge in [-0.1, -0.05) is 23.4 Å². The summed E-state index contributed by atoms with van der Waals surface area (Å²) in [5, 5.41) is 18.8. The summed E-state index contributed by atoms with van der Waals surface area (Å²) in [5.41, 5.74) is 1.52. The van der Waals surface area contributed by atoms with Gasteiger partial charge < -0.3 is 10.2 Å².